The Morgan fingerprint density at radius 2 is 1.76 bits per heavy atom. The maximum Gasteiger partial charge on any atom is 0.261 e. The van der Waals surface area contributed by atoms with Crippen LogP contribution in [0.1, 0.15) is 78.6 Å². The lowest BCUT2D eigenvalue weighted by molar-refractivity contribution is -0.120. The van der Waals surface area contributed by atoms with Crippen LogP contribution >= 0.6 is 11.6 Å². The molecule has 0 aliphatic carbocycles. The van der Waals surface area contributed by atoms with Gasteiger partial charge in [0, 0.05) is 55.4 Å². The van der Waals surface area contributed by atoms with E-state index in [-0.39, 0.29) is 23.8 Å². The number of hydrogen-bond acceptors (Lipinski definition) is 6. The standard InChI is InChI=1S/C33H46ClN5O3/c1-4-5-8-18-38-31(20-32(41)39-23-28(35-33(38)39)26-13-15-27(34)16-14-26)37-19-10-11-29(37)30(40)12-7-6-9-17-36-21-24(2)42-25(3)22-36/h13-16,20,23-25,29H,4-12,17-19,21-22H2,1-3H3/t24?,25?,29-/m0/s1. The summed E-state index contributed by atoms with van der Waals surface area (Å²) in [5.74, 6) is 1.74. The number of ether oxygens (including phenoxy) is 1. The van der Waals surface area contributed by atoms with Gasteiger partial charge in [0.1, 0.15) is 5.82 Å². The van der Waals surface area contributed by atoms with Crippen molar-refractivity contribution >= 4 is 29.0 Å². The lowest BCUT2D eigenvalue weighted by Gasteiger charge is -2.35. The van der Waals surface area contributed by atoms with Crippen LogP contribution in [-0.4, -0.2) is 69.1 Å². The molecule has 3 aromatic rings. The Balaban J connectivity index is 1.30. The third-order valence-corrected chi connectivity index (χ3v) is 8.88. The van der Waals surface area contributed by atoms with Gasteiger partial charge in [-0.2, -0.15) is 0 Å². The molecule has 0 bridgehead atoms. The number of hydrogen-bond donors (Lipinski definition) is 0. The van der Waals surface area contributed by atoms with Crippen molar-refractivity contribution in [3.8, 4) is 11.3 Å². The molecule has 2 saturated heterocycles. The average molecular weight is 596 g/mol. The van der Waals surface area contributed by atoms with E-state index in [9.17, 15) is 9.59 Å². The van der Waals surface area contributed by atoms with Crippen molar-refractivity contribution in [3.63, 3.8) is 0 Å². The first-order chi connectivity index (χ1) is 20.3. The number of benzene rings is 1. The predicted molar refractivity (Wildman–Crippen MR) is 170 cm³/mol. The molecule has 3 atom stereocenters. The fourth-order valence-electron chi connectivity index (χ4n) is 6.64. The molecule has 2 unspecified atom stereocenters. The number of halogens is 1. The SMILES string of the molecule is CCCCCn1c(N2CCC[C@H]2C(=O)CCCCCN2CC(C)OC(C)C2)cc(=O)n2cc(-c3ccc(Cl)cc3)nc12. The summed E-state index contributed by atoms with van der Waals surface area (Å²) in [5.41, 5.74) is 1.53. The Morgan fingerprint density at radius 3 is 2.50 bits per heavy atom. The summed E-state index contributed by atoms with van der Waals surface area (Å²) in [6.07, 6.45) is 11.0. The van der Waals surface area contributed by atoms with E-state index in [0.29, 0.717) is 23.0 Å². The Kier molecular flexibility index (Phi) is 10.4. The highest BCUT2D eigenvalue weighted by atomic mass is 35.5. The summed E-state index contributed by atoms with van der Waals surface area (Å²) in [6.45, 7) is 11.0. The van der Waals surface area contributed by atoms with Crippen LogP contribution in [0.4, 0.5) is 5.82 Å². The molecule has 2 aliphatic rings. The molecule has 1 aromatic carbocycles. The number of unbranched alkanes of at least 4 members (excludes halogenated alkanes) is 4. The van der Waals surface area contributed by atoms with E-state index in [4.69, 9.17) is 21.3 Å². The van der Waals surface area contributed by atoms with Gasteiger partial charge < -0.3 is 9.64 Å². The van der Waals surface area contributed by atoms with Gasteiger partial charge in [-0.05, 0) is 64.6 Å². The minimum absolute atomic E-state index is 0.121. The first-order valence-electron chi connectivity index (χ1n) is 15.9. The van der Waals surface area contributed by atoms with Crippen molar-refractivity contribution in [1.29, 1.82) is 0 Å². The summed E-state index contributed by atoms with van der Waals surface area (Å²) in [6, 6.07) is 9.05. The van der Waals surface area contributed by atoms with Crippen LogP contribution in [-0.2, 0) is 16.1 Å². The van der Waals surface area contributed by atoms with Crippen molar-refractivity contribution in [3.05, 3.63) is 51.9 Å². The third kappa shape index (κ3) is 7.26. The molecule has 8 nitrogen and oxygen atoms in total. The number of morpholine rings is 1. The maximum absolute atomic E-state index is 13.5. The van der Waals surface area contributed by atoms with Gasteiger partial charge in [0.05, 0.1) is 23.9 Å². The van der Waals surface area contributed by atoms with E-state index < -0.39 is 0 Å². The molecule has 9 heteroatoms. The van der Waals surface area contributed by atoms with Gasteiger partial charge in [-0.3, -0.25) is 23.5 Å². The minimum atomic E-state index is -0.184. The molecule has 0 N–H and O–H groups in total. The monoisotopic (exact) mass is 595 g/mol. The lowest BCUT2D eigenvalue weighted by Crippen LogP contribution is -2.45. The van der Waals surface area contributed by atoms with Crippen LogP contribution in [0.5, 0.6) is 0 Å². The number of fused-ring (bicyclic) bond motifs is 1. The van der Waals surface area contributed by atoms with Crippen molar-refractivity contribution in [2.75, 3.05) is 31.1 Å². The summed E-state index contributed by atoms with van der Waals surface area (Å²) in [7, 11) is 0. The van der Waals surface area contributed by atoms with E-state index in [1.54, 1.807) is 10.5 Å². The molecule has 5 rings (SSSR count). The quantitative estimate of drug-likeness (QED) is 0.219. The van der Waals surface area contributed by atoms with E-state index in [0.717, 1.165) is 101 Å². The number of imidazole rings is 1. The first-order valence-corrected chi connectivity index (χ1v) is 16.3. The van der Waals surface area contributed by atoms with Crippen LogP contribution in [0.25, 0.3) is 17.0 Å². The molecular weight excluding hydrogens is 550 g/mol. The normalized spacial score (nSPS) is 21.4. The first kappa shape index (κ1) is 30.8. The van der Waals surface area contributed by atoms with Crippen LogP contribution in [0.15, 0.2) is 41.3 Å². The smallest absolute Gasteiger partial charge is 0.261 e. The van der Waals surface area contributed by atoms with Crippen molar-refractivity contribution in [1.82, 2.24) is 18.9 Å². The summed E-state index contributed by atoms with van der Waals surface area (Å²) >= 11 is 6.10. The van der Waals surface area contributed by atoms with E-state index in [1.165, 1.54) is 0 Å². The summed E-state index contributed by atoms with van der Waals surface area (Å²) in [5, 5.41) is 0.662. The number of ketones is 1. The number of carbonyl (C=O) groups is 1. The zero-order valence-corrected chi connectivity index (χ0v) is 26.2. The van der Waals surface area contributed by atoms with Gasteiger partial charge >= 0.3 is 0 Å². The second-order valence-electron chi connectivity index (χ2n) is 12.1. The summed E-state index contributed by atoms with van der Waals surface area (Å²) in [4.78, 5) is 36.5. The minimum Gasteiger partial charge on any atom is -0.373 e. The molecule has 2 fully saturated rings. The number of carbonyl (C=O) groups excluding carboxylic acids is 1. The predicted octanol–water partition coefficient (Wildman–Crippen LogP) is 6.21. The molecular formula is C33H46ClN5O3. The van der Waals surface area contributed by atoms with Gasteiger partial charge in [0.2, 0.25) is 5.78 Å². The molecule has 2 aliphatic heterocycles. The highest BCUT2D eigenvalue weighted by molar-refractivity contribution is 6.30. The highest BCUT2D eigenvalue weighted by Crippen LogP contribution is 2.29. The van der Waals surface area contributed by atoms with Gasteiger partial charge in [0.25, 0.3) is 5.56 Å². The molecule has 0 saturated carbocycles. The zero-order chi connectivity index (χ0) is 29.6. The number of Topliss-reactive ketones (excluding diaryl/α,β-unsaturated/α-hetero) is 1. The van der Waals surface area contributed by atoms with Crippen molar-refractivity contribution in [2.24, 2.45) is 0 Å². The van der Waals surface area contributed by atoms with Crippen LogP contribution in [0, 0.1) is 0 Å². The van der Waals surface area contributed by atoms with Crippen molar-refractivity contribution < 1.29 is 9.53 Å². The molecule has 42 heavy (non-hydrogen) atoms. The Bertz CT molecular complexity index is 1390. The van der Waals surface area contributed by atoms with E-state index >= 15 is 0 Å². The highest BCUT2D eigenvalue weighted by Gasteiger charge is 2.32. The van der Waals surface area contributed by atoms with Crippen LogP contribution < -0.4 is 10.5 Å². The van der Waals surface area contributed by atoms with Gasteiger partial charge in [-0.15, -0.1) is 0 Å². The zero-order valence-electron chi connectivity index (χ0n) is 25.4. The van der Waals surface area contributed by atoms with Gasteiger partial charge in [-0.1, -0.05) is 49.9 Å². The molecule has 0 spiro atoms. The molecule has 2 aromatic heterocycles. The molecule has 0 amide bonds. The number of rotatable bonds is 13. The van der Waals surface area contributed by atoms with E-state index in [1.807, 2.05) is 30.5 Å². The largest absolute Gasteiger partial charge is 0.373 e. The molecule has 4 heterocycles. The second-order valence-corrected chi connectivity index (χ2v) is 12.6. The fourth-order valence-corrected chi connectivity index (χ4v) is 6.76. The van der Waals surface area contributed by atoms with Crippen LogP contribution in [0.3, 0.4) is 0 Å². The maximum atomic E-state index is 13.5. The number of anilines is 1. The Hall–Kier alpha value is -2.68. The van der Waals surface area contributed by atoms with Gasteiger partial charge in [-0.25, -0.2) is 4.98 Å². The number of nitrogens with zero attached hydrogens (tertiary/aromatic N) is 5. The number of aromatic nitrogens is 3. The van der Waals surface area contributed by atoms with Gasteiger partial charge in [0.15, 0.2) is 5.78 Å². The van der Waals surface area contributed by atoms with E-state index in [2.05, 4.69) is 35.1 Å². The van der Waals surface area contributed by atoms with Crippen molar-refractivity contribution in [2.45, 2.75) is 103 Å². The Labute approximate surface area is 254 Å². The lowest BCUT2D eigenvalue weighted by atomic mass is 10.0. The molecule has 0 radical (unpaired) electrons. The topological polar surface area (TPSA) is 72.1 Å². The summed E-state index contributed by atoms with van der Waals surface area (Å²) < 4.78 is 9.65. The third-order valence-electron chi connectivity index (χ3n) is 8.63. The fraction of sp³-hybridized carbons (Fsp3) is 0.606. The number of aryl methyl sites for hydroxylation is 1. The second kappa shape index (κ2) is 14.2. The van der Waals surface area contributed by atoms with Crippen LogP contribution in [0.2, 0.25) is 5.02 Å². The molecule has 228 valence electrons. The Morgan fingerprint density at radius 1 is 1.02 bits per heavy atom. The average Bonchev–Trinajstić information content (AvgIpc) is 3.62.